The van der Waals surface area contributed by atoms with Gasteiger partial charge in [0, 0.05) is 25.2 Å². The minimum absolute atomic E-state index is 0.137. The number of rotatable bonds is 6. The molecule has 1 aliphatic heterocycles. The molecular formula is C20H32N2O. The minimum Gasteiger partial charge on any atom is -0.337 e. The molecule has 1 saturated heterocycles. The Kier molecular flexibility index (Phi) is 6.23. The Bertz CT molecular complexity index is 501. The number of hydrogen-bond donors (Lipinski definition) is 0. The van der Waals surface area contributed by atoms with Gasteiger partial charge in [-0.2, -0.15) is 0 Å². The molecule has 0 N–H and O–H groups in total. The number of hydrogen-bond acceptors (Lipinski definition) is 2. The van der Waals surface area contributed by atoms with Crippen LogP contribution in [-0.4, -0.2) is 48.4 Å². The Morgan fingerprint density at radius 2 is 1.65 bits per heavy atom. The van der Waals surface area contributed by atoms with Gasteiger partial charge in [0.25, 0.3) is 5.91 Å². The van der Waals surface area contributed by atoms with Gasteiger partial charge >= 0.3 is 0 Å². The van der Waals surface area contributed by atoms with Crippen molar-refractivity contribution in [3.8, 4) is 0 Å². The first-order chi connectivity index (χ1) is 10.9. The maximum Gasteiger partial charge on any atom is 0.253 e. The molecule has 2 rings (SSSR count). The smallest absolute Gasteiger partial charge is 0.253 e. The Morgan fingerprint density at radius 1 is 1.09 bits per heavy atom. The van der Waals surface area contributed by atoms with Crippen molar-refractivity contribution >= 4 is 5.91 Å². The average Bonchev–Trinajstić information content (AvgIpc) is 3.04. The zero-order valence-corrected chi connectivity index (χ0v) is 15.4. The van der Waals surface area contributed by atoms with Gasteiger partial charge in [0.05, 0.1) is 0 Å². The molecule has 1 heterocycles. The van der Waals surface area contributed by atoms with Crippen molar-refractivity contribution in [1.29, 1.82) is 0 Å². The summed E-state index contributed by atoms with van der Waals surface area (Å²) in [5.74, 6) is 1.09. The molecule has 0 aliphatic carbocycles. The lowest BCUT2D eigenvalue weighted by atomic mass is 9.99. The average molecular weight is 316 g/mol. The van der Waals surface area contributed by atoms with Crippen molar-refractivity contribution in [2.24, 2.45) is 5.92 Å². The third kappa shape index (κ3) is 4.57. The summed E-state index contributed by atoms with van der Waals surface area (Å²) < 4.78 is 0. The van der Waals surface area contributed by atoms with E-state index in [1.54, 1.807) is 0 Å². The molecule has 1 unspecified atom stereocenters. The third-order valence-corrected chi connectivity index (χ3v) is 5.06. The molecule has 3 nitrogen and oxygen atoms in total. The lowest BCUT2D eigenvalue weighted by Gasteiger charge is -2.34. The van der Waals surface area contributed by atoms with E-state index in [0.29, 0.717) is 11.8 Å². The van der Waals surface area contributed by atoms with Gasteiger partial charge in [-0.15, -0.1) is 0 Å². The summed E-state index contributed by atoms with van der Waals surface area (Å²) in [5.41, 5.74) is 2.07. The molecule has 0 radical (unpaired) electrons. The van der Waals surface area contributed by atoms with Gasteiger partial charge in [-0.3, -0.25) is 4.79 Å². The molecule has 1 aromatic rings. The Hall–Kier alpha value is -1.35. The number of benzene rings is 1. The lowest BCUT2D eigenvalue weighted by molar-refractivity contribution is 0.0641. The molecule has 128 valence electrons. The van der Waals surface area contributed by atoms with Gasteiger partial charge in [0.1, 0.15) is 0 Å². The van der Waals surface area contributed by atoms with E-state index in [9.17, 15) is 4.79 Å². The highest BCUT2D eigenvalue weighted by atomic mass is 16.2. The molecule has 1 atom stereocenters. The fourth-order valence-corrected chi connectivity index (χ4v) is 3.38. The number of likely N-dealkylation sites (N-methyl/N-ethyl adjacent to an activating group) is 1. The number of nitrogens with zero attached hydrogens (tertiary/aromatic N) is 2. The summed E-state index contributed by atoms with van der Waals surface area (Å²) in [6, 6.07) is 8.38. The largest absolute Gasteiger partial charge is 0.337 e. The minimum atomic E-state index is 0.137. The van der Waals surface area contributed by atoms with E-state index >= 15 is 0 Å². The van der Waals surface area contributed by atoms with E-state index in [4.69, 9.17) is 0 Å². The summed E-state index contributed by atoms with van der Waals surface area (Å²) in [7, 11) is 1.96. The van der Waals surface area contributed by atoms with E-state index in [-0.39, 0.29) is 11.9 Å². The first-order valence-corrected chi connectivity index (χ1v) is 8.99. The highest BCUT2D eigenvalue weighted by Gasteiger charge is 2.27. The van der Waals surface area contributed by atoms with E-state index in [1.807, 2.05) is 24.1 Å². The Balaban J connectivity index is 2.08. The molecule has 0 spiro atoms. The Morgan fingerprint density at radius 3 is 2.13 bits per heavy atom. The fourth-order valence-electron chi connectivity index (χ4n) is 3.38. The van der Waals surface area contributed by atoms with Crippen molar-refractivity contribution in [3.05, 3.63) is 35.4 Å². The summed E-state index contributed by atoms with van der Waals surface area (Å²) in [6.07, 6.45) is 2.58. The summed E-state index contributed by atoms with van der Waals surface area (Å²) >= 11 is 0. The molecule has 1 aromatic carbocycles. The maximum atomic E-state index is 12.9. The van der Waals surface area contributed by atoms with Gasteiger partial charge in [0.15, 0.2) is 0 Å². The molecular weight excluding hydrogens is 284 g/mol. The molecule has 0 bridgehead atoms. The van der Waals surface area contributed by atoms with Gasteiger partial charge in [-0.25, -0.2) is 0 Å². The van der Waals surface area contributed by atoms with Gasteiger partial charge in [-0.1, -0.05) is 39.8 Å². The second-order valence-electron chi connectivity index (χ2n) is 7.51. The van der Waals surface area contributed by atoms with Crippen LogP contribution in [0, 0.1) is 5.92 Å². The molecule has 1 fully saturated rings. The fraction of sp³-hybridized carbons (Fsp3) is 0.650. The summed E-state index contributed by atoms with van der Waals surface area (Å²) in [6.45, 7) is 12.1. The molecule has 1 aliphatic rings. The van der Waals surface area contributed by atoms with E-state index in [1.165, 1.54) is 31.5 Å². The van der Waals surface area contributed by atoms with E-state index < -0.39 is 0 Å². The predicted octanol–water partition coefficient (Wildman–Crippen LogP) is 4.00. The second-order valence-corrected chi connectivity index (χ2v) is 7.51. The van der Waals surface area contributed by atoms with Crippen LogP contribution in [0.3, 0.4) is 0 Å². The quantitative estimate of drug-likeness (QED) is 0.792. The number of amides is 1. The van der Waals surface area contributed by atoms with Crippen LogP contribution in [0.5, 0.6) is 0 Å². The molecule has 0 saturated carbocycles. The first-order valence-electron chi connectivity index (χ1n) is 8.99. The lowest BCUT2D eigenvalue weighted by Crippen LogP contribution is -2.47. The second kappa shape index (κ2) is 7.96. The van der Waals surface area contributed by atoms with Crippen molar-refractivity contribution in [2.45, 2.75) is 52.5 Å². The predicted molar refractivity (Wildman–Crippen MR) is 96.9 cm³/mol. The van der Waals surface area contributed by atoms with Crippen LogP contribution >= 0.6 is 0 Å². The van der Waals surface area contributed by atoms with Crippen LogP contribution in [0.4, 0.5) is 0 Å². The van der Waals surface area contributed by atoms with Gasteiger partial charge in [-0.05, 0) is 55.5 Å². The van der Waals surface area contributed by atoms with Crippen molar-refractivity contribution < 1.29 is 4.79 Å². The standard InChI is InChI=1S/C20H32N2O/c1-15(2)17-8-10-18(11-9-17)20(23)21(5)19(16(3)4)14-22-12-6-7-13-22/h8-11,15-16,19H,6-7,12-14H2,1-5H3. The summed E-state index contributed by atoms with van der Waals surface area (Å²) in [4.78, 5) is 17.3. The maximum absolute atomic E-state index is 12.9. The number of carbonyl (C=O) groups is 1. The van der Waals surface area contributed by atoms with Crippen LogP contribution in [0.15, 0.2) is 24.3 Å². The van der Waals surface area contributed by atoms with Crippen molar-refractivity contribution in [3.63, 3.8) is 0 Å². The zero-order valence-electron chi connectivity index (χ0n) is 15.4. The van der Waals surface area contributed by atoms with E-state index in [0.717, 1.165) is 12.1 Å². The first kappa shape index (κ1) is 18.0. The number of carbonyl (C=O) groups excluding carboxylic acids is 1. The molecule has 23 heavy (non-hydrogen) atoms. The van der Waals surface area contributed by atoms with Crippen LogP contribution in [0.2, 0.25) is 0 Å². The summed E-state index contributed by atoms with van der Waals surface area (Å²) in [5, 5.41) is 0. The monoisotopic (exact) mass is 316 g/mol. The molecule has 1 amide bonds. The SMILES string of the molecule is CC(C)c1ccc(C(=O)N(C)C(CN2CCCC2)C(C)C)cc1. The van der Waals surface area contributed by atoms with Gasteiger partial charge in [0.2, 0.25) is 0 Å². The highest BCUT2D eigenvalue weighted by Crippen LogP contribution is 2.19. The normalized spacial score (nSPS) is 17.0. The molecule has 0 aromatic heterocycles. The van der Waals surface area contributed by atoms with Gasteiger partial charge < -0.3 is 9.80 Å². The highest BCUT2D eigenvalue weighted by molar-refractivity contribution is 5.94. The van der Waals surface area contributed by atoms with E-state index in [2.05, 4.69) is 44.7 Å². The number of likely N-dealkylation sites (tertiary alicyclic amines) is 1. The van der Waals surface area contributed by atoms with Crippen molar-refractivity contribution in [2.75, 3.05) is 26.7 Å². The third-order valence-electron chi connectivity index (χ3n) is 5.06. The van der Waals surface area contributed by atoms with Crippen LogP contribution in [0.1, 0.15) is 62.4 Å². The van der Waals surface area contributed by atoms with Crippen LogP contribution < -0.4 is 0 Å². The van der Waals surface area contributed by atoms with Crippen molar-refractivity contribution in [1.82, 2.24) is 9.80 Å². The topological polar surface area (TPSA) is 23.6 Å². The molecule has 3 heteroatoms. The van der Waals surface area contributed by atoms with Crippen LogP contribution in [0.25, 0.3) is 0 Å². The van der Waals surface area contributed by atoms with Crippen LogP contribution in [-0.2, 0) is 0 Å². The Labute approximate surface area is 141 Å². The zero-order chi connectivity index (χ0) is 17.0.